The molecule has 1 aromatic carbocycles. The van der Waals surface area contributed by atoms with Crippen molar-refractivity contribution in [2.75, 3.05) is 0 Å². The quantitative estimate of drug-likeness (QED) is 0.674. The summed E-state index contributed by atoms with van der Waals surface area (Å²) in [4.78, 5) is 11.3. The van der Waals surface area contributed by atoms with Gasteiger partial charge in [0.15, 0.2) is 0 Å². The van der Waals surface area contributed by atoms with Gasteiger partial charge in [0.1, 0.15) is 0 Å². The second-order valence-electron chi connectivity index (χ2n) is 3.90. The number of hydrogen-bond donors (Lipinski definition) is 1. The normalized spacial score (nSPS) is 21.0. The number of fused-ring (bicyclic) bond motifs is 1. The number of rotatable bonds is 1. The van der Waals surface area contributed by atoms with Crippen LogP contribution in [-0.2, 0) is 11.2 Å². The van der Waals surface area contributed by atoms with Gasteiger partial charge in [0.25, 0.3) is 0 Å². The Morgan fingerprint density at radius 2 is 2.07 bits per heavy atom. The molecule has 74 valence electrons. The van der Waals surface area contributed by atoms with E-state index in [1.807, 2.05) is 18.2 Å². The van der Waals surface area contributed by atoms with Gasteiger partial charge in [-0.05, 0) is 30.4 Å². The standard InChI is InChI=1S/C12H15NO/c13-12(14)11-8-4-2-6-9-5-1-3-7-10(9)11/h1,3,5,7,11H,2,4,6,8H2,(H2,13,14)/t11-/m0/s1. The van der Waals surface area contributed by atoms with Crippen molar-refractivity contribution in [3.63, 3.8) is 0 Å². The summed E-state index contributed by atoms with van der Waals surface area (Å²) in [6, 6.07) is 8.16. The third-order valence-corrected chi connectivity index (χ3v) is 2.96. The smallest absolute Gasteiger partial charge is 0.224 e. The summed E-state index contributed by atoms with van der Waals surface area (Å²) >= 11 is 0. The third kappa shape index (κ3) is 1.65. The van der Waals surface area contributed by atoms with Gasteiger partial charge in [0, 0.05) is 0 Å². The van der Waals surface area contributed by atoms with E-state index in [-0.39, 0.29) is 11.8 Å². The van der Waals surface area contributed by atoms with Crippen molar-refractivity contribution in [2.24, 2.45) is 5.73 Å². The topological polar surface area (TPSA) is 43.1 Å². The highest BCUT2D eigenvalue weighted by Crippen LogP contribution is 2.29. The van der Waals surface area contributed by atoms with E-state index in [9.17, 15) is 4.79 Å². The maximum atomic E-state index is 11.3. The number of hydrogen-bond acceptors (Lipinski definition) is 1. The molecule has 0 aromatic heterocycles. The molecule has 0 heterocycles. The third-order valence-electron chi connectivity index (χ3n) is 2.96. The van der Waals surface area contributed by atoms with E-state index in [1.54, 1.807) is 0 Å². The fourth-order valence-corrected chi connectivity index (χ4v) is 2.22. The molecule has 0 bridgehead atoms. The average Bonchev–Trinajstić information content (AvgIpc) is 2.39. The Hall–Kier alpha value is -1.31. The highest BCUT2D eigenvalue weighted by Gasteiger charge is 2.22. The van der Waals surface area contributed by atoms with Crippen LogP contribution in [0.5, 0.6) is 0 Å². The van der Waals surface area contributed by atoms with Gasteiger partial charge in [-0.3, -0.25) is 4.79 Å². The first kappa shape index (κ1) is 9.25. The molecule has 2 nitrogen and oxygen atoms in total. The van der Waals surface area contributed by atoms with Crippen molar-refractivity contribution in [1.82, 2.24) is 0 Å². The molecule has 1 amide bonds. The first-order valence-corrected chi connectivity index (χ1v) is 5.16. The van der Waals surface area contributed by atoms with Crippen molar-refractivity contribution < 1.29 is 4.79 Å². The summed E-state index contributed by atoms with van der Waals surface area (Å²) in [6.45, 7) is 0. The van der Waals surface area contributed by atoms with Crippen LogP contribution < -0.4 is 5.73 Å². The molecule has 0 saturated heterocycles. The first-order chi connectivity index (χ1) is 6.79. The van der Waals surface area contributed by atoms with Crippen molar-refractivity contribution in [2.45, 2.75) is 31.6 Å². The van der Waals surface area contributed by atoms with E-state index < -0.39 is 0 Å². The first-order valence-electron chi connectivity index (χ1n) is 5.16. The van der Waals surface area contributed by atoms with Crippen LogP contribution in [0, 0.1) is 0 Å². The molecule has 0 aliphatic heterocycles. The molecular formula is C12H15NO. The zero-order valence-electron chi connectivity index (χ0n) is 8.20. The molecule has 2 rings (SSSR count). The van der Waals surface area contributed by atoms with Crippen LogP contribution in [0.2, 0.25) is 0 Å². The number of amides is 1. The van der Waals surface area contributed by atoms with Crippen LogP contribution in [0.25, 0.3) is 0 Å². The maximum absolute atomic E-state index is 11.3. The van der Waals surface area contributed by atoms with Crippen molar-refractivity contribution in [1.29, 1.82) is 0 Å². The summed E-state index contributed by atoms with van der Waals surface area (Å²) in [5, 5.41) is 0. The molecule has 2 heteroatoms. The SMILES string of the molecule is NC(=O)[C@H]1CCCCc2ccccc21. The number of carbonyl (C=O) groups is 1. The lowest BCUT2D eigenvalue weighted by Gasteiger charge is -2.13. The van der Waals surface area contributed by atoms with E-state index >= 15 is 0 Å². The molecular weight excluding hydrogens is 174 g/mol. The Kier molecular flexibility index (Phi) is 2.53. The summed E-state index contributed by atoms with van der Waals surface area (Å²) in [5.74, 6) is -0.243. The second-order valence-corrected chi connectivity index (χ2v) is 3.90. The Bertz CT molecular complexity index is 346. The molecule has 1 aliphatic carbocycles. The van der Waals surface area contributed by atoms with Gasteiger partial charge in [-0.1, -0.05) is 30.7 Å². The molecule has 0 fully saturated rings. The van der Waals surface area contributed by atoms with E-state index in [2.05, 4.69) is 6.07 Å². The van der Waals surface area contributed by atoms with Crippen LogP contribution in [0.3, 0.4) is 0 Å². The maximum Gasteiger partial charge on any atom is 0.224 e. The zero-order chi connectivity index (χ0) is 9.97. The van der Waals surface area contributed by atoms with Crippen molar-refractivity contribution in [3.05, 3.63) is 35.4 Å². The Morgan fingerprint density at radius 3 is 2.86 bits per heavy atom. The number of aryl methyl sites for hydroxylation is 1. The Balaban J connectivity index is 2.42. The fraction of sp³-hybridized carbons (Fsp3) is 0.417. The number of nitrogens with two attached hydrogens (primary N) is 1. The monoisotopic (exact) mass is 189 g/mol. The minimum absolute atomic E-state index is 0.0614. The molecule has 0 spiro atoms. The minimum Gasteiger partial charge on any atom is -0.369 e. The van der Waals surface area contributed by atoms with Gasteiger partial charge < -0.3 is 5.73 Å². The largest absolute Gasteiger partial charge is 0.369 e. The zero-order valence-corrected chi connectivity index (χ0v) is 8.20. The van der Waals surface area contributed by atoms with E-state index in [0.717, 1.165) is 24.8 Å². The van der Waals surface area contributed by atoms with Gasteiger partial charge in [-0.25, -0.2) is 0 Å². The number of carbonyl (C=O) groups excluding carboxylic acids is 1. The van der Waals surface area contributed by atoms with Crippen LogP contribution in [0.4, 0.5) is 0 Å². The van der Waals surface area contributed by atoms with E-state index in [4.69, 9.17) is 5.73 Å². The van der Waals surface area contributed by atoms with E-state index in [0.29, 0.717) is 0 Å². The van der Waals surface area contributed by atoms with Crippen molar-refractivity contribution >= 4 is 5.91 Å². The predicted molar refractivity (Wildman–Crippen MR) is 55.9 cm³/mol. The predicted octanol–water partition coefficient (Wildman–Crippen LogP) is 1.98. The highest BCUT2D eigenvalue weighted by molar-refractivity contribution is 5.82. The van der Waals surface area contributed by atoms with Gasteiger partial charge in [0.2, 0.25) is 5.91 Å². The molecule has 0 unspecified atom stereocenters. The molecule has 14 heavy (non-hydrogen) atoms. The second kappa shape index (κ2) is 3.82. The van der Waals surface area contributed by atoms with Gasteiger partial charge in [-0.15, -0.1) is 0 Å². The fourth-order valence-electron chi connectivity index (χ4n) is 2.22. The summed E-state index contributed by atoms with van der Waals surface area (Å²) in [7, 11) is 0. The van der Waals surface area contributed by atoms with Gasteiger partial charge in [-0.2, -0.15) is 0 Å². The summed E-state index contributed by atoms with van der Waals surface area (Å²) in [6.07, 6.45) is 4.26. The van der Waals surface area contributed by atoms with Crippen molar-refractivity contribution in [3.8, 4) is 0 Å². The number of primary amides is 1. The molecule has 1 atom stereocenters. The Labute approximate surface area is 84.1 Å². The minimum atomic E-state index is -0.181. The van der Waals surface area contributed by atoms with Gasteiger partial charge in [0.05, 0.1) is 5.92 Å². The molecule has 1 aliphatic rings. The average molecular weight is 189 g/mol. The van der Waals surface area contributed by atoms with Gasteiger partial charge >= 0.3 is 0 Å². The lowest BCUT2D eigenvalue weighted by molar-refractivity contribution is -0.119. The Morgan fingerprint density at radius 1 is 1.29 bits per heavy atom. The lowest BCUT2D eigenvalue weighted by atomic mass is 9.92. The molecule has 0 saturated carbocycles. The highest BCUT2D eigenvalue weighted by atomic mass is 16.1. The van der Waals surface area contributed by atoms with Crippen LogP contribution >= 0.6 is 0 Å². The van der Waals surface area contributed by atoms with Crippen LogP contribution in [-0.4, -0.2) is 5.91 Å². The molecule has 2 N–H and O–H groups in total. The molecule has 0 radical (unpaired) electrons. The van der Waals surface area contributed by atoms with Crippen LogP contribution in [0.1, 0.15) is 36.3 Å². The van der Waals surface area contributed by atoms with Crippen LogP contribution in [0.15, 0.2) is 24.3 Å². The lowest BCUT2D eigenvalue weighted by Crippen LogP contribution is -2.21. The molecule has 1 aromatic rings. The summed E-state index contributed by atoms with van der Waals surface area (Å²) < 4.78 is 0. The van der Waals surface area contributed by atoms with E-state index in [1.165, 1.54) is 12.0 Å². The number of benzene rings is 1. The summed E-state index contributed by atoms with van der Waals surface area (Å²) in [5.41, 5.74) is 7.86.